The Kier molecular flexibility index (Phi) is 41.4. The predicted molar refractivity (Wildman–Crippen MR) is 230 cm³/mol. The van der Waals surface area contributed by atoms with Gasteiger partial charge >= 0.3 is 0 Å². The molecule has 2 atom stereocenters. The molecule has 4 nitrogen and oxygen atoms in total. The smallest absolute Gasteiger partial charge is 0.220 e. The van der Waals surface area contributed by atoms with Gasteiger partial charge in [-0.2, -0.15) is 0 Å². The fraction of sp³-hybridized carbons (Fsp3) is 0.729. The van der Waals surface area contributed by atoms with Crippen molar-refractivity contribution in [1.82, 2.24) is 5.32 Å². The number of allylic oxidation sites excluding steroid dienone is 11. The lowest BCUT2D eigenvalue weighted by atomic mass is 10.0. The van der Waals surface area contributed by atoms with Crippen LogP contribution in [0, 0.1) is 0 Å². The number of aliphatic hydroxyl groups excluding tert-OH is 2. The van der Waals surface area contributed by atoms with Gasteiger partial charge in [0.2, 0.25) is 5.91 Å². The molecule has 0 saturated carbocycles. The normalized spacial score (nSPS) is 13.7. The molecular weight excluding hydrogens is 639 g/mol. The Morgan fingerprint density at radius 1 is 0.481 bits per heavy atom. The number of hydrogen-bond donors (Lipinski definition) is 3. The fourth-order valence-electron chi connectivity index (χ4n) is 6.30. The molecule has 4 heteroatoms. The van der Waals surface area contributed by atoms with Crippen molar-refractivity contribution in [1.29, 1.82) is 0 Å². The number of amides is 1. The van der Waals surface area contributed by atoms with Crippen molar-refractivity contribution in [3.8, 4) is 0 Å². The number of carbonyl (C=O) groups excluding carboxylic acids is 1. The quantitative estimate of drug-likeness (QED) is 0.0437. The molecule has 0 aliphatic heterocycles. The van der Waals surface area contributed by atoms with Gasteiger partial charge in [0.15, 0.2) is 0 Å². The van der Waals surface area contributed by atoms with E-state index in [1.807, 2.05) is 6.08 Å². The van der Waals surface area contributed by atoms with Crippen LogP contribution in [-0.4, -0.2) is 34.9 Å². The molecule has 0 spiro atoms. The predicted octanol–water partition coefficient (Wildman–Crippen LogP) is 13.9. The van der Waals surface area contributed by atoms with Crippen LogP contribution in [0.1, 0.15) is 206 Å². The number of hydrogen-bond acceptors (Lipinski definition) is 3. The summed E-state index contributed by atoms with van der Waals surface area (Å²) in [7, 11) is 0. The lowest BCUT2D eigenvalue weighted by Gasteiger charge is -2.19. The zero-order valence-corrected chi connectivity index (χ0v) is 34.3. The first-order valence-electron chi connectivity index (χ1n) is 22.2. The van der Waals surface area contributed by atoms with Crippen LogP contribution in [-0.2, 0) is 4.79 Å². The molecule has 0 aliphatic carbocycles. The van der Waals surface area contributed by atoms with Gasteiger partial charge in [-0.15, -0.1) is 0 Å². The van der Waals surface area contributed by atoms with E-state index in [-0.39, 0.29) is 12.5 Å². The molecule has 0 fully saturated rings. The maximum absolute atomic E-state index is 12.3. The summed E-state index contributed by atoms with van der Waals surface area (Å²) in [6, 6.07) is -0.638. The molecule has 0 radical (unpaired) electrons. The molecule has 2 unspecified atom stereocenters. The first-order valence-corrected chi connectivity index (χ1v) is 22.2. The molecule has 0 bridgehead atoms. The van der Waals surface area contributed by atoms with E-state index in [9.17, 15) is 15.0 Å². The Balaban J connectivity index is 3.47. The molecule has 1 amide bonds. The third kappa shape index (κ3) is 39.0. The monoisotopic (exact) mass is 724 g/mol. The fourth-order valence-corrected chi connectivity index (χ4v) is 6.30. The third-order valence-electron chi connectivity index (χ3n) is 9.67. The van der Waals surface area contributed by atoms with E-state index in [2.05, 4.69) is 79.9 Å². The SMILES string of the molecule is CC/C=C\C/C=C\C/C=C\C/C=C\CCCCCCCCCCCCCCCCCCCCC(=O)NC(CO)C(O)/C=C/CC/C=C/CCCCC. The second-order valence-corrected chi connectivity index (χ2v) is 14.7. The van der Waals surface area contributed by atoms with Gasteiger partial charge in [-0.3, -0.25) is 4.79 Å². The van der Waals surface area contributed by atoms with E-state index in [1.54, 1.807) is 6.08 Å². The molecule has 0 rings (SSSR count). The Hall–Kier alpha value is -2.17. The third-order valence-corrected chi connectivity index (χ3v) is 9.67. The van der Waals surface area contributed by atoms with E-state index in [0.717, 1.165) is 57.8 Å². The van der Waals surface area contributed by atoms with Crippen molar-refractivity contribution in [2.75, 3.05) is 6.61 Å². The minimum absolute atomic E-state index is 0.0781. The maximum Gasteiger partial charge on any atom is 0.220 e. The van der Waals surface area contributed by atoms with E-state index in [4.69, 9.17) is 0 Å². The second-order valence-electron chi connectivity index (χ2n) is 14.7. The standard InChI is InChI=1S/C48H85NO3/c1-3-5-7-9-11-13-14-15-16-17-18-19-20-21-22-23-24-25-26-27-28-29-30-31-32-33-34-36-38-40-42-44-48(52)49-46(45-50)47(51)43-41-39-37-35-12-10-8-6-4-2/h5,7,11-13,15-16,18-19,35,41,43,46-47,50-51H,3-4,6,8-10,14,17,20-34,36-40,42,44-45H2,1-2H3,(H,49,52)/b7-5-,13-11-,16-15-,19-18-,35-12+,43-41+. The summed E-state index contributed by atoms with van der Waals surface area (Å²) in [5.74, 6) is -0.0781. The minimum atomic E-state index is -0.860. The first-order chi connectivity index (χ1) is 25.7. The van der Waals surface area contributed by atoms with Crippen molar-refractivity contribution >= 4 is 5.91 Å². The summed E-state index contributed by atoms with van der Waals surface area (Å²) in [6.45, 7) is 4.13. The van der Waals surface area contributed by atoms with Crippen LogP contribution in [0.3, 0.4) is 0 Å². The average molecular weight is 724 g/mol. The van der Waals surface area contributed by atoms with Crippen LogP contribution in [0.2, 0.25) is 0 Å². The van der Waals surface area contributed by atoms with E-state index < -0.39 is 12.1 Å². The van der Waals surface area contributed by atoms with Gasteiger partial charge in [0, 0.05) is 6.42 Å². The summed E-state index contributed by atoms with van der Waals surface area (Å²) >= 11 is 0. The highest BCUT2D eigenvalue weighted by atomic mass is 16.3. The van der Waals surface area contributed by atoms with Crippen molar-refractivity contribution in [2.45, 2.75) is 219 Å². The molecule has 300 valence electrons. The van der Waals surface area contributed by atoms with Crippen molar-refractivity contribution < 1.29 is 15.0 Å². The molecule has 0 aromatic heterocycles. The first kappa shape index (κ1) is 49.8. The molecule has 0 saturated heterocycles. The molecular formula is C48H85NO3. The molecule has 0 aromatic rings. The Morgan fingerprint density at radius 3 is 1.35 bits per heavy atom. The Bertz CT molecular complexity index is 915. The van der Waals surface area contributed by atoms with Gasteiger partial charge in [-0.25, -0.2) is 0 Å². The van der Waals surface area contributed by atoms with E-state index in [0.29, 0.717) is 6.42 Å². The number of aliphatic hydroxyl groups is 2. The molecule has 0 heterocycles. The lowest BCUT2D eigenvalue weighted by molar-refractivity contribution is -0.123. The summed E-state index contributed by atoms with van der Waals surface area (Å²) in [5, 5.41) is 22.8. The molecule has 0 aromatic carbocycles. The van der Waals surface area contributed by atoms with Gasteiger partial charge in [0.1, 0.15) is 0 Å². The van der Waals surface area contributed by atoms with Crippen molar-refractivity contribution in [2.24, 2.45) is 0 Å². The largest absolute Gasteiger partial charge is 0.394 e. The van der Waals surface area contributed by atoms with Gasteiger partial charge in [-0.1, -0.05) is 202 Å². The summed E-state index contributed by atoms with van der Waals surface area (Å²) < 4.78 is 0. The van der Waals surface area contributed by atoms with Crippen molar-refractivity contribution in [3.63, 3.8) is 0 Å². The highest BCUT2D eigenvalue weighted by Gasteiger charge is 2.17. The van der Waals surface area contributed by atoms with Crippen LogP contribution >= 0.6 is 0 Å². The highest BCUT2D eigenvalue weighted by molar-refractivity contribution is 5.76. The van der Waals surface area contributed by atoms with Crippen LogP contribution in [0.25, 0.3) is 0 Å². The number of rotatable bonds is 39. The number of carbonyl (C=O) groups is 1. The topological polar surface area (TPSA) is 69.6 Å². The van der Waals surface area contributed by atoms with Gasteiger partial charge < -0.3 is 15.5 Å². The molecule has 0 aliphatic rings. The van der Waals surface area contributed by atoms with Gasteiger partial charge in [0.05, 0.1) is 18.8 Å². The van der Waals surface area contributed by atoms with Crippen LogP contribution in [0.15, 0.2) is 72.9 Å². The second kappa shape index (κ2) is 43.2. The van der Waals surface area contributed by atoms with Crippen LogP contribution < -0.4 is 5.32 Å². The van der Waals surface area contributed by atoms with Gasteiger partial charge in [-0.05, 0) is 70.6 Å². The Labute approximate surface area is 323 Å². The summed E-state index contributed by atoms with van der Waals surface area (Å²) in [6.07, 6.45) is 61.8. The van der Waals surface area contributed by atoms with E-state index in [1.165, 1.54) is 128 Å². The molecule has 3 N–H and O–H groups in total. The molecule has 52 heavy (non-hydrogen) atoms. The zero-order chi connectivity index (χ0) is 37.8. The lowest BCUT2D eigenvalue weighted by Crippen LogP contribution is -2.45. The van der Waals surface area contributed by atoms with Crippen LogP contribution in [0.5, 0.6) is 0 Å². The maximum atomic E-state index is 12.3. The Morgan fingerprint density at radius 2 is 0.865 bits per heavy atom. The van der Waals surface area contributed by atoms with E-state index >= 15 is 0 Å². The highest BCUT2D eigenvalue weighted by Crippen LogP contribution is 2.15. The number of unbranched alkanes of at least 4 members (excludes halogenated alkanes) is 22. The zero-order valence-electron chi connectivity index (χ0n) is 34.3. The van der Waals surface area contributed by atoms with Crippen LogP contribution in [0.4, 0.5) is 0 Å². The van der Waals surface area contributed by atoms with Gasteiger partial charge in [0.25, 0.3) is 0 Å². The number of nitrogens with one attached hydrogen (secondary N) is 1. The average Bonchev–Trinajstić information content (AvgIpc) is 3.15. The van der Waals surface area contributed by atoms with Crippen molar-refractivity contribution in [3.05, 3.63) is 72.9 Å². The minimum Gasteiger partial charge on any atom is -0.394 e. The summed E-state index contributed by atoms with van der Waals surface area (Å²) in [5.41, 5.74) is 0. The summed E-state index contributed by atoms with van der Waals surface area (Å²) in [4.78, 5) is 12.3.